The van der Waals surface area contributed by atoms with Gasteiger partial charge >= 0.3 is 6.03 Å². The van der Waals surface area contributed by atoms with Gasteiger partial charge in [-0.1, -0.05) is 29.8 Å². The number of urea groups is 1. The van der Waals surface area contributed by atoms with Crippen LogP contribution in [0.2, 0.25) is 5.02 Å². The van der Waals surface area contributed by atoms with Crippen LogP contribution < -0.4 is 10.6 Å². The Labute approximate surface area is 164 Å². The molecular formula is C20H14ClF2N3O2. The second kappa shape index (κ2) is 8.14. The molecule has 3 rings (SSSR count). The molecule has 8 heteroatoms. The van der Waals surface area contributed by atoms with Crippen LogP contribution in [0.15, 0.2) is 54.6 Å². The Kier molecular flexibility index (Phi) is 5.65. The van der Waals surface area contributed by atoms with Crippen molar-refractivity contribution in [1.29, 1.82) is 0 Å². The van der Waals surface area contributed by atoms with Gasteiger partial charge in [0.05, 0.1) is 0 Å². The van der Waals surface area contributed by atoms with Gasteiger partial charge in [-0.15, -0.1) is 0 Å². The van der Waals surface area contributed by atoms with Crippen LogP contribution in [0.1, 0.15) is 16.1 Å². The molecule has 3 amide bonds. The van der Waals surface area contributed by atoms with Crippen LogP contribution in [0.25, 0.3) is 11.1 Å². The fraction of sp³-hybridized carbons (Fsp3) is 0.0500. The molecule has 1 heterocycles. The van der Waals surface area contributed by atoms with E-state index in [0.29, 0.717) is 10.7 Å². The molecule has 3 aromatic rings. The van der Waals surface area contributed by atoms with Crippen molar-refractivity contribution in [2.75, 3.05) is 5.32 Å². The predicted molar refractivity (Wildman–Crippen MR) is 102 cm³/mol. The molecule has 0 bridgehead atoms. The number of halogens is 3. The zero-order valence-electron chi connectivity index (χ0n) is 14.6. The summed E-state index contributed by atoms with van der Waals surface area (Å²) >= 11 is 5.88. The Bertz CT molecular complexity index is 1040. The molecular weight excluding hydrogens is 388 g/mol. The number of nitrogens with one attached hydrogen (secondary N) is 2. The summed E-state index contributed by atoms with van der Waals surface area (Å²) in [4.78, 5) is 28.2. The highest BCUT2D eigenvalue weighted by atomic mass is 35.5. The van der Waals surface area contributed by atoms with Crippen molar-refractivity contribution in [3.63, 3.8) is 0 Å². The number of carbonyl (C=O) groups is 2. The number of hydrogen-bond acceptors (Lipinski definition) is 3. The van der Waals surface area contributed by atoms with Crippen LogP contribution in [0.5, 0.6) is 0 Å². The summed E-state index contributed by atoms with van der Waals surface area (Å²) in [5.74, 6) is -3.14. The minimum atomic E-state index is -1.19. The van der Waals surface area contributed by atoms with Crippen molar-refractivity contribution in [1.82, 2.24) is 10.3 Å². The predicted octanol–water partition coefficient (Wildman–Crippen LogP) is 4.95. The van der Waals surface area contributed by atoms with Gasteiger partial charge in [0.2, 0.25) is 0 Å². The monoisotopic (exact) mass is 401 g/mol. The average Bonchev–Trinajstić information content (AvgIpc) is 2.62. The lowest BCUT2D eigenvalue weighted by molar-refractivity contribution is 0.0959. The number of imide groups is 1. The van der Waals surface area contributed by atoms with E-state index in [1.807, 2.05) is 17.4 Å². The van der Waals surface area contributed by atoms with E-state index in [1.54, 1.807) is 31.2 Å². The van der Waals surface area contributed by atoms with E-state index in [2.05, 4.69) is 10.3 Å². The fourth-order valence-electron chi connectivity index (χ4n) is 2.59. The first-order valence-electron chi connectivity index (χ1n) is 8.15. The molecule has 0 radical (unpaired) electrons. The summed E-state index contributed by atoms with van der Waals surface area (Å²) in [5, 5.41) is 4.85. The Morgan fingerprint density at radius 3 is 2.21 bits per heavy atom. The van der Waals surface area contributed by atoms with Crippen molar-refractivity contribution >= 4 is 29.4 Å². The third-order valence-corrected chi connectivity index (χ3v) is 4.15. The second-order valence-electron chi connectivity index (χ2n) is 5.84. The first kappa shape index (κ1) is 19.4. The van der Waals surface area contributed by atoms with Crippen molar-refractivity contribution in [2.45, 2.75) is 6.92 Å². The molecule has 0 fully saturated rings. The van der Waals surface area contributed by atoms with E-state index in [9.17, 15) is 18.4 Å². The molecule has 0 aliphatic carbocycles. The SMILES string of the molecule is Cc1nc(NC(=O)NC(=O)c2c(F)cccc2F)ccc1-c1ccc(Cl)cc1. The van der Waals surface area contributed by atoms with E-state index >= 15 is 0 Å². The van der Waals surface area contributed by atoms with Gasteiger partial charge < -0.3 is 0 Å². The molecule has 0 aliphatic heterocycles. The molecule has 2 N–H and O–H groups in total. The minimum Gasteiger partial charge on any atom is -0.292 e. The standard InChI is InChI=1S/C20H14ClF2N3O2/c1-11-14(12-5-7-13(21)8-6-12)9-10-17(24-11)25-20(28)26-19(27)18-15(22)3-2-4-16(18)23/h2-10H,1H3,(H2,24,25,26,27,28). The van der Waals surface area contributed by atoms with E-state index in [-0.39, 0.29) is 5.82 Å². The van der Waals surface area contributed by atoms with E-state index < -0.39 is 29.1 Å². The smallest absolute Gasteiger partial charge is 0.292 e. The third-order valence-electron chi connectivity index (χ3n) is 3.90. The number of anilines is 1. The topological polar surface area (TPSA) is 71.1 Å². The Hall–Kier alpha value is -3.32. The summed E-state index contributed by atoms with van der Waals surface area (Å²) < 4.78 is 27.2. The highest BCUT2D eigenvalue weighted by molar-refractivity contribution is 6.30. The quantitative estimate of drug-likeness (QED) is 0.652. The van der Waals surface area contributed by atoms with Gasteiger partial charge in [0, 0.05) is 16.3 Å². The summed E-state index contributed by atoms with van der Waals surface area (Å²) in [6, 6.07) is 12.5. The molecule has 0 atom stereocenters. The number of aryl methyl sites for hydroxylation is 1. The zero-order chi connectivity index (χ0) is 20.3. The number of benzene rings is 2. The maximum atomic E-state index is 13.6. The van der Waals surface area contributed by atoms with Gasteiger partial charge in [0.15, 0.2) is 0 Å². The number of amides is 3. The van der Waals surface area contributed by atoms with E-state index in [4.69, 9.17) is 11.6 Å². The van der Waals surface area contributed by atoms with Crippen molar-refractivity contribution in [3.8, 4) is 11.1 Å². The van der Waals surface area contributed by atoms with Gasteiger partial charge in [-0.05, 0) is 48.9 Å². The molecule has 0 aliphatic rings. The first-order chi connectivity index (χ1) is 13.3. The number of hydrogen-bond donors (Lipinski definition) is 2. The largest absolute Gasteiger partial charge is 0.327 e. The molecule has 0 spiro atoms. The second-order valence-corrected chi connectivity index (χ2v) is 6.28. The molecule has 2 aromatic carbocycles. The van der Waals surface area contributed by atoms with Crippen LogP contribution in [0, 0.1) is 18.6 Å². The number of rotatable bonds is 3. The van der Waals surface area contributed by atoms with Crippen LogP contribution in [-0.4, -0.2) is 16.9 Å². The molecule has 142 valence electrons. The first-order valence-corrected chi connectivity index (χ1v) is 8.53. The van der Waals surface area contributed by atoms with Crippen LogP contribution >= 0.6 is 11.6 Å². The molecule has 28 heavy (non-hydrogen) atoms. The van der Waals surface area contributed by atoms with Crippen molar-refractivity contribution < 1.29 is 18.4 Å². The molecule has 5 nitrogen and oxygen atoms in total. The normalized spacial score (nSPS) is 10.4. The molecule has 0 unspecified atom stereocenters. The lowest BCUT2D eigenvalue weighted by atomic mass is 10.0. The summed E-state index contributed by atoms with van der Waals surface area (Å²) in [7, 11) is 0. The summed E-state index contributed by atoms with van der Waals surface area (Å²) in [5.41, 5.74) is 1.54. The Morgan fingerprint density at radius 2 is 1.61 bits per heavy atom. The summed E-state index contributed by atoms with van der Waals surface area (Å²) in [6.07, 6.45) is 0. The van der Waals surface area contributed by atoms with Gasteiger partial charge in [-0.25, -0.2) is 18.6 Å². The molecule has 0 saturated heterocycles. The zero-order valence-corrected chi connectivity index (χ0v) is 15.3. The summed E-state index contributed by atoms with van der Waals surface area (Å²) in [6.45, 7) is 1.76. The van der Waals surface area contributed by atoms with Crippen LogP contribution in [0.4, 0.5) is 19.4 Å². The number of pyridine rings is 1. The van der Waals surface area contributed by atoms with Crippen LogP contribution in [-0.2, 0) is 0 Å². The Balaban J connectivity index is 1.71. The Morgan fingerprint density at radius 1 is 0.964 bits per heavy atom. The van der Waals surface area contributed by atoms with Gasteiger partial charge in [-0.2, -0.15) is 0 Å². The van der Waals surface area contributed by atoms with Gasteiger partial charge in [-0.3, -0.25) is 15.4 Å². The van der Waals surface area contributed by atoms with E-state index in [1.165, 1.54) is 0 Å². The van der Waals surface area contributed by atoms with Gasteiger partial charge in [0.1, 0.15) is 23.0 Å². The van der Waals surface area contributed by atoms with Crippen LogP contribution in [0.3, 0.4) is 0 Å². The van der Waals surface area contributed by atoms with Crippen molar-refractivity contribution in [2.24, 2.45) is 0 Å². The van der Waals surface area contributed by atoms with Gasteiger partial charge in [0.25, 0.3) is 5.91 Å². The fourth-order valence-corrected chi connectivity index (χ4v) is 2.72. The van der Waals surface area contributed by atoms with E-state index in [0.717, 1.165) is 29.3 Å². The van der Waals surface area contributed by atoms with Crippen molar-refractivity contribution in [3.05, 3.63) is 82.5 Å². The maximum Gasteiger partial charge on any atom is 0.327 e. The minimum absolute atomic E-state index is 0.175. The third kappa shape index (κ3) is 4.32. The molecule has 0 saturated carbocycles. The average molecular weight is 402 g/mol. The number of aromatic nitrogens is 1. The number of carbonyl (C=O) groups excluding carboxylic acids is 2. The lowest BCUT2D eigenvalue weighted by Gasteiger charge is -2.10. The number of nitrogens with zero attached hydrogens (tertiary/aromatic N) is 1. The highest BCUT2D eigenvalue weighted by Gasteiger charge is 2.19. The highest BCUT2D eigenvalue weighted by Crippen LogP contribution is 2.25. The maximum absolute atomic E-state index is 13.6. The lowest BCUT2D eigenvalue weighted by Crippen LogP contribution is -2.35. The molecule has 1 aromatic heterocycles.